The van der Waals surface area contributed by atoms with Gasteiger partial charge in [-0.15, -0.1) is 0 Å². The Bertz CT molecular complexity index is 537. The summed E-state index contributed by atoms with van der Waals surface area (Å²) in [7, 11) is 0. The van der Waals surface area contributed by atoms with E-state index in [-0.39, 0.29) is 5.82 Å². The van der Waals surface area contributed by atoms with Crippen LogP contribution in [0.25, 0.3) is 11.3 Å². The van der Waals surface area contributed by atoms with Crippen LogP contribution in [0.3, 0.4) is 0 Å². The van der Waals surface area contributed by atoms with Crippen LogP contribution in [-0.2, 0) is 6.42 Å². The lowest BCUT2D eigenvalue weighted by atomic mass is 10.1. The minimum atomic E-state index is -0.258. The summed E-state index contributed by atoms with van der Waals surface area (Å²) in [4.78, 5) is 4.42. The van der Waals surface area contributed by atoms with E-state index in [1.807, 2.05) is 18.3 Å². The SMILES string of the molecule is CCCCCc1ccc(-c2ccc(Br)c(F)c2)nc1. The van der Waals surface area contributed by atoms with Gasteiger partial charge < -0.3 is 0 Å². The molecular weight excluding hydrogens is 305 g/mol. The summed E-state index contributed by atoms with van der Waals surface area (Å²) in [6, 6.07) is 9.12. The Morgan fingerprint density at radius 1 is 1.16 bits per heavy atom. The quantitative estimate of drug-likeness (QED) is 0.673. The van der Waals surface area contributed by atoms with E-state index in [0.717, 1.165) is 17.7 Å². The maximum absolute atomic E-state index is 13.5. The Balaban J connectivity index is 2.11. The van der Waals surface area contributed by atoms with Crippen molar-refractivity contribution in [3.8, 4) is 11.3 Å². The van der Waals surface area contributed by atoms with Gasteiger partial charge in [0, 0.05) is 11.8 Å². The first-order chi connectivity index (χ1) is 9.20. The summed E-state index contributed by atoms with van der Waals surface area (Å²) < 4.78 is 14.0. The van der Waals surface area contributed by atoms with Crippen LogP contribution in [0.4, 0.5) is 4.39 Å². The standard InChI is InChI=1S/C16H17BrFN/c1-2-3-4-5-12-6-9-16(19-11-12)13-7-8-14(17)15(18)10-13/h6-11H,2-5H2,1H3. The van der Waals surface area contributed by atoms with Gasteiger partial charge in [0.15, 0.2) is 0 Å². The van der Waals surface area contributed by atoms with Crippen LogP contribution in [0.15, 0.2) is 41.0 Å². The van der Waals surface area contributed by atoms with Gasteiger partial charge in [-0.2, -0.15) is 0 Å². The number of unbranched alkanes of at least 4 members (excludes halogenated alkanes) is 2. The summed E-state index contributed by atoms with van der Waals surface area (Å²) in [5.74, 6) is -0.258. The smallest absolute Gasteiger partial charge is 0.138 e. The molecule has 0 radical (unpaired) electrons. The number of aromatic nitrogens is 1. The van der Waals surface area contributed by atoms with Gasteiger partial charge in [0.1, 0.15) is 5.82 Å². The van der Waals surface area contributed by atoms with Crippen LogP contribution in [0.2, 0.25) is 0 Å². The van der Waals surface area contributed by atoms with Crippen molar-refractivity contribution in [2.45, 2.75) is 32.6 Å². The Labute approximate surface area is 122 Å². The fourth-order valence-corrected chi connectivity index (χ4v) is 2.22. The topological polar surface area (TPSA) is 12.9 Å². The fourth-order valence-electron chi connectivity index (χ4n) is 1.98. The van der Waals surface area contributed by atoms with Gasteiger partial charge in [0.2, 0.25) is 0 Å². The summed E-state index contributed by atoms with van der Waals surface area (Å²) in [5, 5.41) is 0. The van der Waals surface area contributed by atoms with Crippen LogP contribution in [-0.4, -0.2) is 4.98 Å². The van der Waals surface area contributed by atoms with Crippen molar-refractivity contribution in [1.82, 2.24) is 4.98 Å². The lowest BCUT2D eigenvalue weighted by Crippen LogP contribution is -1.90. The Hall–Kier alpha value is -1.22. The zero-order chi connectivity index (χ0) is 13.7. The average Bonchev–Trinajstić information content (AvgIpc) is 2.43. The second-order valence-electron chi connectivity index (χ2n) is 4.64. The van der Waals surface area contributed by atoms with Gasteiger partial charge in [-0.1, -0.05) is 31.9 Å². The van der Waals surface area contributed by atoms with E-state index in [1.54, 1.807) is 6.07 Å². The average molecular weight is 322 g/mol. The van der Waals surface area contributed by atoms with Crippen LogP contribution in [0.5, 0.6) is 0 Å². The Kier molecular flexibility index (Phi) is 5.08. The lowest BCUT2D eigenvalue weighted by molar-refractivity contribution is 0.621. The molecule has 1 aromatic heterocycles. The van der Waals surface area contributed by atoms with Crippen molar-refractivity contribution in [2.24, 2.45) is 0 Å². The number of aryl methyl sites for hydroxylation is 1. The second kappa shape index (κ2) is 6.80. The van der Waals surface area contributed by atoms with Crippen molar-refractivity contribution >= 4 is 15.9 Å². The van der Waals surface area contributed by atoms with Gasteiger partial charge in [-0.25, -0.2) is 4.39 Å². The Morgan fingerprint density at radius 2 is 2.00 bits per heavy atom. The second-order valence-corrected chi connectivity index (χ2v) is 5.49. The predicted octanol–water partition coefficient (Wildman–Crippen LogP) is 5.38. The summed E-state index contributed by atoms with van der Waals surface area (Å²) in [5.41, 5.74) is 2.86. The molecule has 0 aliphatic heterocycles. The highest BCUT2D eigenvalue weighted by atomic mass is 79.9. The largest absolute Gasteiger partial charge is 0.256 e. The van der Waals surface area contributed by atoms with Crippen LogP contribution < -0.4 is 0 Å². The third-order valence-electron chi connectivity index (χ3n) is 3.11. The van der Waals surface area contributed by atoms with E-state index < -0.39 is 0 Å². The number of rotatable bonds is 5. The summed E-state index contributed by atoms with van der Waals surface area (Å²) >= 11 is 3.15. The van der Waals surface area contributed by atoms with Gasteiger partial charge >= 0.3 is 0 Å². The first-order valence-corrected chi connectivity index (χ1v) is 7.40. The van der Waals surface area contributed by atoms with Crippen molar-refractivity contribution in [2.75, 3.05) is 0 Å². The molecule has 19 heavy (non-hydrogen) atoms. The Morgan fingerprint density at radius 3 is 2.63 bits per heavy atom. The molecule has 0 unspecified atom stereocenters. The molecule has 0 atom stereocenters. The van der Waals surface area contributed by atoms with Crippen molar-refractivity contribution < 1.29 is 4.39 Å². The van der Waals surface area contributed by atoms with E-state index >= 15 is 0 Å². The van der Waals surface area contributed by atoms with E-state index in [0.29, 0.717) is 4.47 Å². The maximum Gasteiger partial charge on any atom is 0.138 e. The minimum absolute atomic E-state index is 0.258. The molecule has 0 spiro atoms. The van der Waals surface area contributed by atoms with Crippen molar-refractivity contribution in [3.63, 3.8) is 0 Å². The number of hydrogen-bond acceptors (Lipinski definition) is 1. The first kappa shape index (κ1) is 14.2. The van der Waals surface area contributed by atoms with Gasteiger partial charge in [-0.3, -0.25) is 4.98 Å². The monoisotopic (exact) mass is 321 g/mol. The highest BCUT2D eigenvalue weighted by Crippen LogP contribution is 2.23. The molecule has 100 valence electrons. The molecule has 0 aliphatic carbocycles. The molecule has 0 saturated heterocycles. The fraction of sp³-hybridized carbons (Fsp3) is 0.312. The molecule has 1 heterocycles. The van der Waals surface area contributed by atoms with E-state index in [9.17, 15) is 4.39 Å². The number of halogens is 2. The molecule has 0 aliphatic rings. The number of hydrogen-bond donors (Lipinski definition) is 0. The maximum atomic E-state index is 13.5. The lowest BCUT2D eigenvalue weighted by Gasteiger charge is -2.04. The molecule has 0 amide bonds. The molecule has 1 aromatic carbocycles. The van der Waals surface area contributed by atoms with E-state index in [1.165, 1.54) is 30.9 Å². The van der Waals surface area contributed by atoms with Gasteiger partial charge in [-0.05, 0) is 52.5 Å². The highest BCUT2D eigenvalue weighted by molar-refractivity contribution is 9.10. The van der Waals surface area contributed by atoms with Crippen LogP contribution in [0, 0.1) is 5.82 Å². The highest BCUT2D eigenvalue weighted by Gasteiger charge is 2.04. The number of pyridine rings is 1. The third-order valence-corrected chi connectivity index (χ3v) is 3.75. The molecule has 2 rings (SSSR count). The molecule has 0 fully saturated rings. The molecule has 3 heteroatoms. The van der Waals surface area contributed by atoms with Gasteiger partial charge in [0.25, 0.3) is 0 Å². The molecular formula is C16H17BrFN. The third kappa shape index (κ3) is 3.87. The molecule has 0 bridgehead atoms. The van der Waals surface area contributed by atoms with Crippen LogP contribution in [0.1, 0.15) is 31.7 Å². The van der Waals surface area contributed by atoms with E-state index in [2.05, 4.69) is 33.9 Å². The van der Waals surface area contributed by atoms with Gasteiger partial charge in [0.05, 0.1) is 10.2 Å². The van der Waals surface area contributed by atoms with Crippen LogP contribution >= 0.6 is 15.9 Å². The van der Waals surface area contributed by atoms with Crippen molar-refractivity contribution in [1.29, 1.82) is 0 Å². The molecule has 2 aromatic rings. The number of benzene rings is 1. The minimum Gasteiger partial charge on any atom is -0.256 e. The first-order valence-electron chi connectivity index (χ1n) is 6.61. The zero-order valence-corrected chi connectivity index (χ0v) is 12.6. The molecule has 0 N–H and O–H groups in total. The summed E-state index contributed by atoms with van der Waals surface area (Å²) in [6.07, 6.45) is 6.63. The van der Waals surface area contributed by atoms with Crippen molar-refractivity contribution in [3.05, 3.63) is 52.4 Å². The number of nitrogens with zero attached hydrogens (tertiary/aromatic N) is 1. The summed E-state index contributed by atoms with van der Waals surface area (Å²) in [6.45, 7) is 2.20. The molecule has 1 nitrogen and oxygen atoms in total. The predicted molar refractivity (Wildman–Crippen MR) is 80.6 cm³/mol. The zero-order valence-electron chi connectivity index (χ0n) is 11.0. The normalized spacial score (nSPS) is 10.7. The van der Waals surface area contributed by atoms with E-state index in [4.69, 9.17) is 0 Å². The molecule has 0 saturated carbocycles.